The SMILES string of the molecule is N#Cc1ccc(NC(=O)C(=O)Nc2ccc([N+](=O)[O-])cc2)cc1. The second-order valence-electron chi connectivity index (χ2n) is 4.40. The Morgan fingerprint density at radius 2 is 1.35 bits per heavy atom. The minimum atomic E-state index is -0.914. The molecule has 0 radical (unpaired) electrons. The summed E-state index contributed by atoms with van der Waals surface area (Å²) in [4.78, 5) is 33.5. The topological polar surface area (TPSA) is 125 Å². The molecule has 0 spiro atoms. The summed E-state index contributed by atoms with van der Waals surface area (Å²) in [6.07, 6.45) is 0. The summed E-state index contributed by atoms with van der Waals surface area (Å²) in [7, 11) is 0. The molecular weight excluding hydrogens is 300 g/mol. The summed E-state index contributed by atoms with van der Waals surface area (Å²) in [5.74, 6) is -1.81. The number of nitriles is 1. The van der Waals surface area contributed by atoms with Crippen molar-refractivity contribution in [3.8, 4) is 6.07 Å². The Morgan fingerprint density at radius 1 is 0.913 bits per heavy atom. The lowest BCUT2D eigenvalue weighted by Crippen LogP contribution is -2.29. The summed E-state index contributed by atoms with van der Waals surface area (Å²) in [5, 5.41) is 23.9. The Kier molecular flexibility index (Phi) is 4.64. The van der Waals surface area contributed by atoms with Gasteiger partial charge < -0.3 is 10.6 Å². The van der Waals surface area contributed by atoms with Crippen LogP contribution in [-0.2, 0) is 9.59 Å². The summed E-state index contributed by atoms with van der Waals surface area (Å²) in [6.45, 7) is 0. The fraction of sp³-hybridized carbons (Fsp3) is 0. The highest BCUT2D eigenvalue weighted by Crippen LogP contribution is 2.15. The maximum atomic E-state index is 11.8. The first-order valence-corrected chi connectivity index (χ1v) is 6.36. The van der Waals surface area contributed by atoms with Crippen molar-refractivity contribution in [1.29, 1.82) is 5.26 Å². The summed E-state index contributed by atoms with van der Waals surface area (Å²) < 4.78 is 0. The van der Waals surface area contributed by atoms with Crippen molar-refractivity contribution < 1.29 is 14.5 Å². The van der Waals surface area contributed by atoms with Crippen molar-refractivity contribution in [2.24, 2.45) is 0 Å². The Balaban J connectivity index is 1.98. The normalized spacial score (nSPS) is 9.52. The van der Waals surface area contributed by atoms with Crippen molar-refractivity contribution in [2.75, 3.05) is 10.6 Å². The Morgan fingerprint density at radius 3 is 1.74 bits per heavy atom. The number of non-ortho nitro benzene ring substituents is 1. The van der Waals surface area contributed by atoms with Gasteiger partial charge in [-0.05, 0) is 36.4 Å². The zero-order valence-electron chi connectivity index (χ0n) is 11.6. The lowest BCUT2D eigenvalue weighted by atomic mass is 10.2. The second kappa shape index (κ2) is 6.82. The van der Waals surface area contributed by atoms with E-state index in [9.17, 15) is 19.7 Å². The van der Waals surface area contributed by atoms with Gasteiger partial charge >= 0.3 is 11.8 Å². The molecule has 8 heteroatoms. The third-order valence-corrected chi connectivity index (χ3v) is 2.81. The molecule has 0 aliphatic rings. The number of carbonyl (C=O) groups is 2. The standard InChI is InChI=1S/C15H10N4O4/c16-9-10-1-3-11(4-2-10)17-14(20)15(21)18-12-5-7-13(8-6-12)19(22)23/h1-8H,(H,17,20)(H,18,21). The molecule has 0 saturated carbocycles. The highest BCUT2D eigenvalue weighted by Gasteiger charge is 2.14. The van der Waals surface area contributed by atoms with Gasteiger partial charge in [0.25, 0.3) is 5.69 Å². The minimum Gasteiger partial charge on any atom is -0.318 e. The monoisotopic (exact) mass is 310 g/mol. The molecule has 0 unspecified atom stereocenters. The van der Waals surface area contributed by atoms with Gasteiger partial charge in [-0.3, -0.25) is 19.7 Å². The predicted octanol–water partition coefficient (Wildman–Crippen LogP) is 2.04. The summed E-state index contributed by atoms with van der Waals surface area (Å²) in [6, 6.07) is 13.0. The summed E-state index contributed by atoms with van der Waals surface area (Å²) >= 11 is 0. The number of rotatable bonds is 3. The Hall–Kier alpha value is -3.73. The van der Waals surface area contributed by atoms with E-state index in [1.807, 2.05) is 6.07 Å². The minimum absolute atomic E-state index is 0.120. The van der Waals surface area contributed by atoms with Gasteiger partial charge in [0.15, 0.2) is 0 Å². The van der Waals surface area contributed by atoms with Crippen LogP contribution in [0.2, 0.25) is 0 Å². The first-order chi connectivity index (χ1) is 11.0. The fourth-order valence-corrected chi connectivity index (χ4v) is 1.67. The van der Waals surface area contributed by atoms with Crippen LogP contribution in [0.4, 0.5) is 17.1 Å². The molecule has 0 heterocycles. The molecule has 2 N–H and O–H groups in total. The number of benzene rings is 2. The van der Waals surface area contributed by atoms with Gasteiger partial charge in [0.05, 0.1) is 16.6 Å². The molecule has 2 amide bonds. The molecule has 2 rings (SSSR count). The number of hydrogen-bond acceptors (Lipinski definition) is 5. The molecule has 23 heavy (non-hydrogen) atoms. The highest BCUT2D eigenvalue weighted by atomic mass is 16.6. The van der Waals surface area contributed by atoms with Gasteiger partial charge in [-0.2, -0.15) is 5.26 Å². The lowest BCUT2D eigenvalue weighted by Gasteiger charge is -2.06. The van der Waals surface area contributed by atoms with Gasteiger partial charge in [-0.25, -0.2) is 0 Å². The number of nitro benzene ring substituents is 1. The Bertz CT molecular complexity index is 792. The van der Waals surface area contributed by atoms with Crippen LogP contribution in [0.5, 0.6) is 0 Å². The van der Waals surface area contributed by atoms with Crippen LogP contribution in [0.1, 0.15) is 5.56 Å². The zero-order chi connectivity index (χ0) is 16.8. The molecular formula is C15H10N4O4. The molecule has 0 fully saturated rings. The van der Waals surface area contributed by atoms with Crippen molar-refractivity contribution in [3.63, 3.8) is 0 Å². The third-order valence-electron chi connectivity index (χ3n) is 2.81. The van der Waals surface area contributed by atoms with Crippen molar-refractivity contribution >= 4 is 28.9 Å². The molecule has 0 atom stereocenters. The molecule has 0 aliphatic heterocycles. The molecule has 8 nitrogen and oxygen atoms in total. The lowest BCUT2D eigenvalue weighted by molar-refractivity contribution is -0.384. The van der Waals surface area contributed by atoms with Crippen LogP contribution in [0, 0.1) is 21.4 Å². The number of hydrogen-bond donors (Lipinski definition) is 2. The molecule has 0 aromatic heterocycles. The first kappa shape index (κ1) is 15.7. The van der Waals surface area contributed by atoms with E-state index in [-0.39, 0.29) is 11.4 Å². The van der Waals surface area contributed by atoms with Gasteiger partial charge in [0.1, 0.15) is 0 Å². The van der Waals surface area contributed by atoms with E-state index >= 15 is 0 Å². The number of anilines is 2. The third kappa shape index (κ3) is 4.12. The number of amides is 2. The van der Waals surface area contributed by atoms with Crippen LogP contribution in [-0.4, -0.2) is 16.7 Å². The number of carbonyl (C=O) groups excluding carboxylic acids is 2. The van der Waals surface area contributed by atoms with E-state index in [0.29, 0.717) is 11.3 Å². The second-order valence-corrected chi connectivity index (χ2v) is 4.40. The largest absolute Gasteiger partial charge is 0.318 e. The van der Waals surface area contributed by atoms with Crippen LogP contribution in [0.15, 0.2) is 48.5 Å². The molecule has 0 bridgehead atoms. The predicted molar refractivity (Wildman–Crippen MR) is 81.5 cm³/mol. The fourth-order valence-electron chi connectivity index (χ4n) is 1.67. The van der Waals surface area contributed by atoms with Crippen LogP contribution in [0.25, 0.3) is 0 Å². The van der Waals surface area contributed by atoms with Crippen LogP contribution < -0.4 is 10.6 Å². The maximum absolute atomic E-state index is 11.8. The van der Waals surface area contributed by atoms with E-state index in [1.54, 1.807) is 0 Å². The van der Waals surface area contributed by atoms with E-state index in [2.05, 4.69) is 10.6 Å². The van der Waals surface area contributed by atoms with Crippen LogP contribution in [0.3, 0.4) is 0 Å². The van der Waals surface area contributed by atoms with Gasteiger partial charge in [-0.15, -0.1) is 0 Å². The molecule has 0 aliphatic carbocycles. The summed E-state index contributed by atoms with van der Waals surface area (Å²) in [5.41, 5.74) is 0.937. The maximum Gasteiger partial charge on any atom is 0.314 e. The van der Waals surface area contributed by atoms with Crippen molar-refractivity contribution in [1.82, 2.24) is 0 Å². The number of nitrogens with zero attached hydrogens (tertiary/aromatic N) is 2. The van der Waals surface area contributed by atoms with Gasteiger partial charge in [-0.1, -0.05) is 0 Å². The smallest absolute Gasteiger partial charge is 0.314 e. The van der Waals surface area contributed by atoms with Crippen molar-refractivity contribution in [2.45, 2.75) is 0 Å². The highest BCUT2D eigenvalue weighted by molar-refractivity contribution is 6.43. The number of nitro groups is 1. The Labute approximate surface area is 130 Å². The molecule has 0 saturated heterocycles. The average molecular weight is 310 g/mol. The first-order valence-electron chi connectivity index (χ1n) is 6.36. The molecule has 114 valence electrons. The van der Waals surface area contributed by atoms with Crippen LogP contribution >= 0.6 is 0 Å². The van der Waals surface area contributed by atoms with Crippen molar-refractivity contribution in [3.05, 3.63) is 64.2 Å². The van der Waals surface area contributed by atoms with E-state index < -0.39 is 16.7 Å². The molecule has 2 aromatic carbocycles. The zero-order valence-corrected chi connectivity index (χ0v) is 11.6. The molecule has 2 aromatic rings. The van der Waals surface area contributed by atoms with Gasteiger partial charge in [0, 0.05) is 23.5 Å². The van der Waals surface area contributed by atoms with E-state index in [0.717, 1.165) is 0 Å². The van der Waals surface area contributed by atoms with E-state index in [4.69, 9.17) is 5.26 Å². The van der Waals surface area contributed by atoms with E-state index in [1.165, 1.54) is 48.5 Å². The number of nitrogens with one attached hydrogen (secondary N) is 2. The average Bonchev–Trinajstić information content (AvgIpc) is 2.56. The quantitative estimate of drug-likeness (QED) is 0.510. The van der Waals surface area contributed by atoms with Gasteiger partial charge in [0.2, 0.25) is 0 Å².